The molecule has 1 saturated heterocycles. The van der Waals surface area contributed by atoms with Gasteiger partial charge in [-0.1, -0.05) is 22.0 Å². The third-order valence-corrected chi connectivity index (χ3v) is 4.94. The fourth-order valence-corrected chi connectivity index (χ4v) is 3.53. The van der Waals surface area contributed by atoms with Crippen molar-refractivity contribution in [3.8, 4) is 0 Å². The van der Waals surface area contributed by atoms with Crippen molar-refractivity contribution in [3.63, 3.8) is 0 Å². The van der Waals surface area contributed by atoms with Crippen LogP contribution >= 0.6 is 27.7 Å². The Bertz CT molecular complexity index is 448. The number of rotatable bonds is 3. The van der Waals surface area contributed by atoms with Gasteiger partial charge in [-0.3, -0.25) is 15.1 Å². The first kappa shape index (κ1) is 14.8. The molecule has 0 saturated carbocycles. The van der Waals surface area contributed by atoms with Crippen molar-refractivity contribution in [1.82, 2.24) is 10.3 Å². The minimum absolute atomic E-state index is 0.265. The van der Waals surface area contributed by atoms with Gasteiger partial charge in [0, 0.05) is 28.9 Å². The molecular weight excluding hydrogens is 326 g/mol. The van der Waals surface area contributed by atoms with E-state index in [1.165, 1.54) is 23.5 Å². The van der Waals surface area contributed by atoms with Gasteiger partial charge in [-0.25, -0.2) is 5.84 Å². The zero-order valence-corrected chi connectivity index (χ0v) is 13.1. The predicted octanol–water partition coefficient (Wildman–Crippen LogP) is 1.99. The molecule has 0 aliphatic carbocycles. The van der Waals surface area contributed by atoms with Gasteiger partial charge in [0.1, 0.15) is 0 Å². The molecule has 0 unspecified atom stereocenters. The van der Waals surface area contributed by atoms with E-state index in [0.29, 0.717) is 5.56 Å². The Labute approximate surface area is 126 Å². The molecule has 0 atom stereocenters. The van der Waals surface area contributed by atoms with E-state index >= 15 is 0 Å². The van der Waals surface area contributed by atoms with Crippen LogP contribution in [0.4, 0.5) is 0 Å². The SMILES string of the molecule is NNC(=O)c1ccc(CN2CCCSCC2)c(Br)c1. The summed E-state index contributed by atoms with van der Waals surface area (Å²) in [6, 6.07) is 5.63. The summed E-state index contributed by atoms with van der Waals surface area (Å²) >= 11 is 5.56. The van der Waals surface area contributed by atoms with E-state index < -0.39 is 0 Å². The highest BCUT2D eigenvalue weighted by atomic mass is 79.9. The minimum Gasteiger partial charge on any atom is -0.298 e. The Hall–Kier alpha value is -0.560. The summed E-state index contributed by atoms with van der Waals surface area (Å²) in [5, 5.41) is 0. The van der Waals surface area contributed by atoms with Gasteiger partial charge in [-0.15, -0.1) is 0 Å². The highest BCUT2D eigenvalue weighted by Crippen LogP contribution is 2.21. The van der Waals surface area contributed by atoms with Gasteiger partial charge in [0.15, 0.2) is 0 Å². The van der Waals surface area contributed by atoms with Gasteiger partial charge in [-0.2, -0.15) is 11.8 Å². The summed E-state index contributed by atoms with van der Waals surface area (Å²) in [5.41, 5.74) is 3.93. The second kappa shape index (κ2) is 7.28. The topological polar surface area (TPSA) is 58.4 Å². The molecule has 0 spiro atoms. The number of nitrogens with two attached hydrogens (primary N) is 1. The number of carbonyl (C=O) groups excluding carboxylic acids is 1. The third-order valence-electron chi connectivity index (χ3n) is 3.16. The molecule has 1 aromatic rings. The third kappa shape index (κ3) is 4.21. The maximum Gasteiger partial charge on any atom is 0.265 e. The number of amides is 1. The average molecular weight is 344 g/mol. The number of carbonyl (C=O) groups is 1. The highest BCUT2D eigenvalue weighted by molar-refractivity contribution is 9.10. The standard InChI is InChI=1S/C13H18BrN3OS/c14-12-8-10(13(18)16-15)2-3-11(12)9-17-4-1-6-19-7-5-17/h2-3,8H,1,4-7,9,15H2,(H,16,18). The van der Waals surface area contributed by atoms with Crippen LogP contribution in [0.15, 0.2) is 22.7 Å². The van der Waals surface area contributed by atoms with E-state index in [-0.39, 0.29) is 5.91 Å². The van der Waals surface area contributed by atoms with E-state index in [1.54, 1.807) is 0 Å². The summed E-state index contributed by atoms with van der Waals surface area (Å²) in [5.74, 6) is 7.33. The van der Waals surface area contributed by atoms with Crippen LogP contribution in [0, 0.1) is 0 Å². The quantitative estimate of drug-likeness (QED) is 0.500. The molecule has 0 bridgehead atoms. The highest BCUT2D eigenvalue weighted by Gasteiger charge is 2.12. The lowest BCUT2D eigenvalue weighted by atomic mass is 10.1. The van der Waals surface area contributed by atoms with Crippen LogP contribution in [0.2, 0.25) is 0 Å². The van der Waals surface area contributed by atoms with Crippen LogP contribution < -0.4 is 11.3 Å². The van der Waals surface area contributed by atoms with Crippen molar-refractivity contribution >= 4 is 33.6 Å². The van der Waals surface area contributed by atoms with Gasteiger partial charge in [0.2, 0.25) is 0 Å². The van der Waals surface area contributed by atoms with Crippen molar-refractivity contribution in [1.29, 1.82) is 0 Å². The number of nitrogens with zero attached hydrogens (tertiary/aromatic N) is 1. The number of thioether (sulfide) groups is 1. The first-order valence-electron chi connectivity index (χ1n) is 6.30. The van der Waals surface area contributed by atoms with Crippen LogP contribution in [-0.4, -0.2) is 35.4 Å². The molecule has 1 aromatic carbocycles. The normalized spacial score (nSPS) is 16.9. The van der Waals surface area contributed by atoms with Crippen LogP contribution in [0.5, 0.6) is 0 Å². The van der Waals surface area contributed by atoms with E-state index in [9.17, 15) is 4.79 Å². The largest absolute Gasteiger partial charge is 0.298 e. The first-order chi connectivity index (χ1) is 9.20. The fourth-order valence-electron chi connectivity index (χ4n) is 2.10. The molecule has 1 aliphatic rings. The fraction of sp³-hybridized carbons (Fsp3) is 0.462. The molecule has 1 heterocycles. The Morgan fingerprint density at radius 3 is 3.00 bits per heavy atom. The summed E-state index contributed by atoms with van der Waals surface area (Å²) in [6.07, 6.45) is 1.25. The minimum atomic E-state index is -0.265. The van der Waals surface area contributed by atoms with Crippen molar-refractivity contribution in [2.45, 2.75) is 13.0 Å². The molecule has 4 nitrogen and oxygen atoms in total. The molecule has 104 valence electrons. The molecule has 1 amide bonds. The van der Waals surface area contributed by atoms with Gasteiger partial charge < -0.3 is 0 Å². The van der Waals surface area contributed by atoms with Crippen LogP contribution in [0.3, 0.4) is 0 Å². The smallest absolute Gasteiger partial charge is 0.265 e. The van der Waals surface area contributed by atoms with Gasteiger partial charge >= 0.3 is 0 Å². The Kier molecular flexibility index (Phi) is 5.69. The van der Waals surface area contributed by atoms with Gasteiger partial charge in [-0.05, 0) is 36.4 Å². The number of hydrogen-bond acceptors (Lipinski definition) is 4. The van der Waals surface area contributed by atoms with Crippen LogP contribution in [0.1, 0.15) is 22.3 Å². The molecular formula is C13H18BrN3OS. The van der Waals surface area contributed by atoms with Crippen molar-refractivity contribution in [3.05, 3.63) is 33.8 Å². The van der Waals surface area contributed by atoms with Crippen molar-refractivity contribution in [2.75, 3.05) is 24.6 Å². The van der Waals surface area contributed by atoms with Crippen LogP contribution in [0.25, 0.3) is 0 Å². The second-order valence-corrected chi connectivity index (χ2v) is 6.60. The maximum atomic E-state index is 11.4. The Morgan fingerprint density at radius 2 is 2.26 bits per heavy atom. The Morgan fingerprint density at radius 1 is 1.42 bits per heavy atom. The average Bonchev–Trinajstić information content (AvgIpc) is 2.68. The van der Waals surface area contributed by atoms with E-state index in [2.05, 4.69) is 26.3 Å². The van der Waals surface area contributed by atoms with Gasteiger partial charge in [0.25, 0.3) is 5.91 Å². The zero-order chi connectivity index (χ0) is 13.7. The summed E-state index contributed by atoms with van der Waals surface area (Å²) in [7, 11) is 0. The second-order valence-electron chi connectivity index (χ2n) is 4.52. The number of nitrogen functional groups attached to an aromatic ring is 1. The summed E-state index contributed by atoms with van der Waals surface area (Å²) in [6.45, 7) is 3.19. The van der Waals surface area contributed by atoms with E-state index in [4.69, 9.17) is 5.84 Å². The van der Waals surface area contributed by atoms with Crippen molar-refractivity contribution in [2.24, 2.45) is 5.84 Å². The molecule has 2 rings (SSSR count). The monoisotopic (exact) mass is 343 g/mol. The van der Waals surface area contributed by atoms with Crippen LogP contribution in [-0.2, 0) is 6.54 Å². The molecule has 0 radical (unpaired) electrons. The first-order valence-corrected chi connectivity index (χ1v) is 8.25. The van der Waals surface area contributed by atoms with E-state index in [0.717, 1.165) is 24.1 Å². The number of hydrazine groups is 1. The summed E-state index contributed by atoms with van der Waals surface area (Å²) < 4.78 is 0.963. The Balaban J connectivity index is 2.05. The molecule has 19 heavy (non-hydrogen) atoms. The summed E-state index contributed by atoms with van der Waals surface area (Å²) in [4.78, 5) is 13.9. The number of hydrogen-bond donors (Lipinski definition) is 2. The molecule has 1 fully saturated rings. The molecule has 6 heteroatoms. The zero-order valence-electron chi connectivity index (χ0n) is 10.7. The lowest BCUT2D eigenvalue weighted by Gasteiger charge is -2.20. The molecule has 1 aliphatic heterocycles. The number of benzene rings is 1. The number of nitrogens with one attached hydrogen (secondary N) is 1. The van der Waals surface area contributed by atoms with Crippen molar-refractivity contribution < 1.29 is 4.79 Å². The lowest BCUT2D eigenvalue weighted by Crippen LogP contribution is -2.30. The van der Waals surface area contributed by atoms with E-state index in [1.807, 2.05) is 30.0 Å². The van der Waals surface area contributed by atoms with Gasteiger partial charge in [0.05, 0.1) is 0 Å². The maximum absolute atomic E-state index is 11.4. The number of halogens is 1. The molecule has 0 aromatic heterocycles. The lowest BCUT2D eigenvalue weighted by molar-refractivity contribution is 0.0953. The molecule has 3 N–H and O–H groups in total. The predicted molar refractivity (Wildman–Crippen MR) is 83.0 cm³/mol.